The highest BCUT2D eigenvalue weighted by atomic mass is 16.6. The lowest BCUT2D eigenvalue weighted by Gasteiger charge is -2.20. The Bertz CT molecular complexity index is 1130. The SMILES string of the molecule is O=C(O)COc1cccc2c1CCC=C2CON=C(Cc1cccnc1)c1ccccc1. The minimum Gasteiger partial charge on any atom is -0.482 e. The Labute approximate surface area is 186 Å². The number of fused-ring (bicyclic) bond motifs is 1. The number of oxime groups is 1. The van der Waals surface area contributed by atoms with Crippen LogP contribution in [0.2, 0.25) is 0 Å². The maximum atomic E-state index is 10.9. The molecule has 1 aliphatic carbocycles. The summed E-state index contributed by atoms with van der Waals surface area (Å²) >= 11 is 0. The van der Waals surface area contributed by atoms with Crippen molar-refractivity contribution in [2.75, 3.05) is 13.2 Å². The molecule has 1 aromatic heterocycles. The molecule has 6 heteroatoms. The first kappa shape index (κ1) is 21.3. The minimum atomic E-state index is -0.992. The summed E-state index contributed by atoms with van der Waals surface area (Å²) in [5, 5.41) is 13.4. The molecule has 0 amide bonds. The predicted octanol–water partition coefficient (Wildman–Crippen LogP) is 4.54. The van der Waals surface area contributed by atoms with Crippen LogP contribution in [0.15, 0.2) is 84.3 Å². The van der Waals surface area contributed by atoms with Gasteiger partial charge in [-0.25, -0.2) is 4.79 Å². The fourth-order valence-corrected chi connectivity index (χ4v) is 3.73. The summed E-state index contributed by atoms with van der Waals surface area (Å²) in [5.74, 6) is -0.380. The number of carbonyl (C=O) groups is 1. The molecule has 3 aromatic rings. The molecule has 32 heavy (non-hydrogen) atoms. The van der Waals surface area contributed by atoms with E-state index in [0.717, 1.165) is 46.4 Å². The van der Waals surface area contributed by atoms with E-state index in [2.05, 4.69) is 16.2 Å². The van der Waals surface area contributed by atoms with Gasteiger partial charge in [0.1, 0.15) is 12.4 Å². The third kappa shape index (κ3) is 5.40. The fourth-order valence-electron chi connectivity index (χ4n) is 3.73. The molecule has 0 bridgehead atoms. The Kier molecular flexibility index (Phi) is 6.92. The average molecular weight is 428 g/mol. The van der Waals surface area contributed by atoms with Crippen LogP contribution in [-0.2, 0) is 22.5 Å². The van der Waals surface area contributed by atoms with E-state index in [4.69, 9.17) is 14.7 Å². The molecule has 162 valence electrons. The van der Waals surface area contributed by atoms with Crippen LogP contribution >= 0.6 is 0 Å². The highest BCUT2D eigenvalue weighted by Gasteiger charge is 2.18. The Hall–Kier alpha value is -3.93. The summed E-state index contributed by atoms with van der Waals surface area (Å²) in [6.45, 7) is -0.0379. The van der Waals surface area contributed by atoms with E-state index < -0.39 is 5.97 Å². The number of hydrogen-bond acceptors (Lipinski definition) is 5. The van der Waals surface area contributed by atoms with Gasteiger partial charge in [-0.2, -0.15) is 0 Å². The molecule has 1 N–H and O–H groups in total. The van der Waals surface area contributed by atoms with Gasteiger partial charge in [-0.05, 0) is 47.2 Å². The highest BCUT2D eigenvalue weighted by molar-refractivity contribution is 6.01. The van der Waals surface area contributed by atoms with Crippen LogP contribution in [0.3, 0.4) is 0 Å². The number of ether oxygens (including phenoxy) is 1. The lowest BCUT2D eigenvalue weighted by atomic mass is 9.90. The molecule has 0 radical (unpaired) electrons. The van der Waals surface area contributed by atoms with E-state index in [1.165, 1.54) is 0 Å². The van der Waals surface area contributed by atoms with E-state index in [1.807, 2.05) is 66.9 Å². The monoisotopic (exact) mass is 428 g/mol. The topological polar surface area (TPSA) is 81.0 Å². The Morgan fingerprint density at radius 3 is 2.72 bits per heavy atom. The van der Waals surface area contributed by atoms with Crippen molar-refractivity contribution in [3.8, 4) is 5.75 Å². The number of hydrogen-bond donors (Lipinski definition) is 1. The molecule has 1 aliphatic rings. The van der Waals surface area contributed by atoms with Crippen molar-refractivity contribution in [1.82, 2.24) is 4.98 Å². The third-order valence-electron chi connectivity index (χ3n) is 5.21. The first-order valence-electron chi connectivity index (χ1n) is 10.5. The average Bonchev–Trinajstić information content (AvgIpc) is 2.83. The fraction of sp³-hybridized carbons (Fsp3) is 0.192. The number of rotatable bonds is 9. The van der Waals surface area contributed by atoms with Crippen LogP contribution in [-0.4, -0.2) is 35.0 Å². The van der Waals surface area contributed by atoms with Gasteiger partial charge >= 0.3 is 5.97 Å². The normalized spacial score (nSPS) is 13.1. The molecule has 1 heterocycles. The largest absolute Gasteiger partial charge is 0.482 e. The minimum absolute atomic E-state index is 0.318. The summed E-state index contributed by atoms with van der Waals surface area (Å²) in [7, 11) is 0. The number of allylic oxidation sites excluding steroid dienone is 1. The Balaban J connectivity index is 1.51. The van der Waals surface area contributed by atoms with Gasteiger partial charge in [0, 0.05) is 24.4 Å². The zero-order chi connectivity index (χ0) is 22.2. The van der Waals surface area contributed by atoms with E-state index in [0.29, 0.717) is 18.8 Å². The van der Waals surface area contributed by atoms with Gasteiger partial charge in [0.15, 0.2) is 6.61 Å². The molecule has 0 saturated carbocycles. The van der Waals surface area contributed by atoms with E-state index in [1.54, 1.807) is 6.20 Å². The molecule has 6 nitrogen and oxygen atoms in total. The number of benzene rings is 2. The van der Waals surface area contributed by atoms with Crippen molar-refractivity contribution in [2.45, 2.75) is 19.3 Å². The van der Waals surface area contributed by atoms with Crippen molar-refractivity contribution in [2.24, 2.45) is 5.16 Å². The van der Waals surface area contributed by atoms with Gasteiger partial charge in [-0.1, -0.05) is 59.8 Å². The second kappa shape index (κ2) is 10.4. The molecule has 0 spiro atoms. The van der Waals surface area contributed by atoms with Crippen LogP contribution in [0, 0.1) is 0 Å². The number of carboxylic acids is 1. The molecular formula is C26H24N2O4. The van der Waals surface area contributed by atoms with E-state index in [-0.39, 0.29) is 6.61 Å². The van der Waals surface area contributed by atoms with Crippen molar-refractivity contribution in [1.29, 1.82) is 0 Å². The number of aliphatic carboxylic acids is 1. The number of aromatic nitrogens is 1. The van der Waals surface area contributed by atoms with Crippen LogP contribution < -0.4 is 4.74 Å². The second-order valence-corrected chi connectivity index (χ2v) is 7.45. The molecule has 2 aromatic carbocycles. The van der Waals surface area contributed by atoms with Crippen molar-refractivity contribution in [3.05, 3.63) is 101 Å². The van der Waals surface area contributed by atoms with Gasteiger partial charge in [0.25, 0.3) is 0 Å². The van der Waals surface area contributed by atoms with Gasteiger partial charge < -0.3 is 14.7 Å². The summed E-state index contributed by atoms with van der Waals surface area (Å²) in [5.41, 5.74) is 5.93. The second-order valence-electron chi connectivity index (χ2n) is 7.45. The van der Waals surface area contributed by atoms with Gasteiger partial charge in [0.2, 0.25) is 0 Å². The number of carboxylic acid groups (broad SMARTS) is 1. The third-order valence-corrected chi connectivity index (χ3v) is 5.21. The quantitative estimate of drug-likeness (QED) is 0.400. The van der Waals surface area contributed by atoms with Crippen LogP contribution in [0.1, 0.15) is 28.7 Å². The number of nitrogens with zero attached hydrogens (tertiary/aromatic N) is 2. The summed E-state index contributed by atoms with van der Waals surface area (Å²) < 4.78 is 5.48. The zero-order valence-electron chi connectivity index (χ0n) is 17.6. The highest BCUT2D eigenvalue weighted by Crippen LogP contribution is 2.33. The Morgan fingerprint density at radius 2 is 1.94 bits per heavy atom. The standard InChI is InChI=1S/C26H24N2O4/c29-26(30)18-31-25-13-5-11-22-21(10-4-12-23(22)25)17-32-28-24(20-8-2-1-3-9-20)15-19-7-6-14-27-16-19/h1-3,5-11,13-14,16H,4,12,15,17-18H2,(H,29,30). The smallest absolute Gasteiger partial charge is 0.341 e. The summed E-state index contributed by atoms with van der Waals surface area (Å²) in [6, 6.07) is 19.6. The molecule has 0 saturated heterocycles. The van der Waals surface area contributed by atoms with Crippen LogP contribution in [0.4, 0.5) is 0 Å². The summed E-state index contributed by atoms with van der Waals surface area (Å²) in [6.07, 6.45) is 7.97. The van der Waals surface area contributed by atoms with Crippen molar-refractivity contribution >= 4 is 17.3 Å². The van der Waals surface area contributed by atoms with Gasteiger partial charge in [-0.3, -0.25) is 4.98 Å². The van der Waals surface area contributed by atoms with Crippen LogP contribution in [0.25, 0.3) is 5.57 Å². The first-order chi connectivity index (χ1) is 15.7. The van der Waals surface area contributed by atoms with E-state index >= 15 is 0 Å². The maximum Gasteiger partial charge on any atom is 0.341 e. The molecule has 0 unspecified atom stereocenters. The Morgan fingerprint density at radius 1 is 1.06 bits per heavy atom. The maximum absolute atomic E-state index is 10.9. The van der Waals surface area contributed by atoms with Crippen LogP contribution in [0.5, 0.6) is 5.75 Å². The van der Waals surface area contributed by atoms with Gasteiger partial charge in [-0.15, -0.1) is 0 Å². The summed E-state index contributed by atoms with van der Waals surface area (Å²) in [4.78, 5) is 20.9. The molecule has 4 rings (SSSR count). The lowest BCUT2D eigenvalue weighted by molar-refractivity contribution is -0.139. The van der Waals surface area contributed by atoms with Crippen molar-refractivity contribution < 1.29 is 19.5 Å². The lowest BCUT2D eigenvalue weighted by Crippen LogP contribution is -2.13. The molecule has 0 fully saturated rings. The number of pyridine rings is 1. The molecular weight excluding hydrogens is 404 g/mol. The van der Waals surface area contributed by atoms with Crippen molar-refractivity contribution in [3.63, 3.8) is 0 Å². The van der Waals surface area contributed by atoms with E-state index in [9.17, 15) is 4.79 Å². The molecule has 0 aliphatic heterocycles. The predicted molar refractivity (Wildman–Crippen MR) is 123 cm³/mol. The molecule has 0 atom stereocenters. The zero-order valence-corrected chi connectivity index (χ0v) is 17.6. The first-order valence-corrected chi connectivity index (χ1v) is 10.5. The van der Waals surface area contributed by atoms with Gasteiger partial charge in [0.05, 0.1) is 5.71 Å².